The van der Waals surface area contributed by atoms with Crippen molar-refractivity contribution in [1.29, 1.82) is 0 Å². The molecule has 0 aromatic rings. The highest BCUT2D eigenvalue weighted by Crippen LogP contribution is 2.26. The summed E-state index contributed by atoms with van der Waals surface area (Å²) in [6.45, 7) is 8.02. The van der Waals surface area contributed by atoms with Crippen molar-refractivity contribution in [2.45, 2.75) is 58.0 Å². The maximum absolute atomic E-state index is 5.33. The molecular formula is C12H21NO. The van der Waals surface area contributed by atoms with Crippen LogP contribution in [0.15, 0.2) is 17.8 Å². The van der Waals surface area contributed by atoms with Gasteiger partial charge in [-0.1, -0.05) is 37.9 Å². The van der Waals surface area contributed by atoms with Crippen LogP contribution in [0.5, 0.6) is 0 Å². The van der Waals surface area contributed by atoms with Gasteiger partial charge in [0.25, 0.3) is 0 Å². The Kier molecular flexibility index (Phi) is 4.18. The Hall–Kier alpha value is -0.790. The van der Waals surface area contributed by atoms with Crippen LogP contribution in [-0.4, -0.2) is 11.3 Å². The summed E-state index contributed by atoms with van der Waals surface area (Å²) >= 11 is 0. The average molecular weight is 195 g/mol. The molecule has 0 N–H and O–H groups in total. The van der Waals surface area contributed by atoms with Gasteiger partial charge < -0.3 is 4.84 Å². The van der Waals surface area contributed by atoms with Gasteiger partial charge in [0.05, 0.1) is 5.71 Å². The zero-order valence-corrected chi connectivity index (χ0v) is 9.38. The third kappa shape index (κ3) is 3.17. The minimum Gasteiger partial charge on any atom is -0.385 e. The van der Waals surface area contributed by atoms with E-state index in [1.54, 1.807) is 0 Å². The average Bonchev–Trinajstić information content (AvgIpc) is 2.56. The van der Waals surface area contributed by atoms with Crippen molar-refractivity contribution >= 4 is 5.71 Å². The molecule has 1 aliphatic rings. The number of hydrogen-bond acceptors (Lipinski definition) is 2. The lowest BCUT2D eigenvalue weighted by Crippen LogP contribution is -2.20. The van der Waals surface area contributed by atoms with Crippen LogP contribution in [0.4, 0.5) is 0 Å². The second kappa shape index (κ2) is 5.18. The summed E-state index contributed by atoms with van der Waals surface area (Å²) in [6, 6.07) is 0. The van der Waals surface area contributed by atoms with Gasteiger partial charge in [-0.05, 0) is 25.8 Å². The molecule has 0 radical (unpaired) electrons. The summed E-state index contributed by atoms with van der Waals surface area (Å²) < 4.78 is 0. The normalized spacial score (nSPS) is 25.7. The zero-order chi connectivity index (χ0) is 10.4. The van der Waals surface area contributed by atoms with Crippen molar-refractivity contribution in [3.05, 3.63) is 12.7 Å². The largest absolute Gasteiger partial charge is 0.385 e. The molecule has 0 aromatic heterocycles. The van der Waals surface area contributed by atoms with E-state index in [0.29, 0.717) is 0 Å². The third-order valence-corrected chi connectivity index (χ3v) is 2.69. The summed E-state index contributed by atoms with van der Waals surface area (Å²) in [5.41, 5.74) is 0.962. The Morgan fingerprint density at radius 3 is 2.86 bits per heavy atom. The van der Waals surface area contributed by atoms with Crippen LogP contribution in [0, 0.1) is 0 Å². The summed E-state index contributed by atoms with van der Waals surface area (Å²) in [7, 11) is 0. The van der Waals surface area contributed by atoms with Gasteiger partial charge in [-0.3, -0.25) is 0 Å². The van der Waals surface area contributed by atoms with Crippen molar-refractivity contribution in [1.82, 2.24) is 0 Å². The van der Waals surface area contributed by atoms with Crippen molar-refractivity contribution in [2.75, 3.05) is 0 Å². The first-order chi connectivity index (χ1) is 6.70. The molecule has 1 heterocycles. The molecule has 1 atom stereocenters. The van der Waals surface area contributed by atoms with E-state index in [9.17, 15) is 0 Å². The summed E-state index contributed by atoms with van der Waals surface area (Å²) in [5.74, 6) is 0. The first-order valence-corrected chi connectivity index (χ1v) is 5.57. The number of rotatable bonds is 6. The number of oxime groups is 1. The van der Waals surface area contributed by atoms with Gasteiger partial charge in [0, 0.05) is 6.42 Å². The fourth-order valence-electron chi connectivity index (χ4n) is 1.64. The molecular weight excluding hydrogens is 174 g/mol. The standard InChI is InChI=1S/C12H21NO/c1-4-6-7-8-9-11-10-12(3,5-2)14-13-11/h5H,2,4,6-10H2,1,3H3. The summed E-state index contributed by atoms with van der Waals surface area (Å²) in [5, 5.41) is 4.10. The number of hydrogen-bond donors (Lipinski definition) is 0. The van der Waals surface area contributed by atoms with Crippen molar-refractivity contribution in [3.8, 4) is 0 Å². The highest BCUT2D eigenvalue weighted by Gasteiger charge is 2.30. The van der Waals surface area contributed by atoms with E-state index in [1.165, 1.54) is 31.4 Å². The van der Waals surface area contributed by atoms with Gasteiger partial charge in [0.1, 0.15) is 0 Å². The van der Waals surface area contributed by atoms with Crippen LogP contribution in [0.2, 0.25) is 0 Å². The molecule has 2 nitrogen and oxygen atoms in total. The minimum atomic E-state index is -0.236. The van der Waals surface area contributed by atoms with E-state index in [-0.39, 0.29) is 5.60 Å². The van der Waals surface area contributed by atoms with Gasteiger partial charge >= 0.3 is 0 Å². The topological polar surface area (TPSA) is 21.6 Å². The monoisotopic (exact) mass is 195 g/mol. The Morgan fingerprint density at radius 2 is 2.29 bits per heavy atom. The van der Waals surface area contributed by atoms with E-state index in [1.807, 2.05) is 13.0 Å². The molecule has 0 amide bonds. The number of nitrogens with zero attached hydrogens (tertiary/aromatic N) is 1. The Bertz CT molecular complexity index is 222. The number of unbranched alkanes of at least 4 members (excludes halogenated alkanes) is 3. The van der Waals surface area contributed by atoms with Crippen molar-refractivity contribution in [3.63, 3.8) is 0 Å². The molecule has 1 unspecified atom stereocenters. The molecule has 1 rings (SSSR count). The predicted octanol–water partition coefficient (Wildman–Crippen LogP) is 3.68. The van der Waals surface area contributed by atoms with E-state index >= 15 is 0 Å². The molecule has 0 fully saturated rings. The highest BCUT2D eigenvalue weighted by molar-refractivity contribution is 5.86. The maximum atomic E-state index is 5.33. The minimum absolute atomic E-state index is 0.236. The van der Waals surface area contributed by atoms with Crippen LogP contribution < -0.4 is 0 Å². The van der Waals surface area contributed by atoms with Crippen LogP contribution in [0.3, 0.4) is 0 Å². The second-order valence-corrected chi connectivity index (χ2v) is 4.25. The molecule has 0 saturated carbocycles. The zero-order valence-electron chi connectivity index (χ0n) is 9.38. The second-order valence-electron chi connectivity index (χ2n) is 4.25. The smallest absolute Gasteiger partial charge is 0.158 e. The molecule has 14 heavy (non-hydrogen) atoms. The molecule has 0 aliphatic carbocycles. The molecule has 80 valence electrons. The fraction of sp³-hybridized carbons (Fsp3) is 0.750. The summed E-state index contributed by atoms with van der Waals surface area (Å²) in [4.78, 5) is 5.33. The van der Waals surface area contributed by atoms with Crippen LogP contribution in [-0.2, 0) is 4.84 Å². The lowest BCUT2D eigenvalue weighted by atomic mass is 9.97. The van der Waals surface area contributed by atoms with E-state index in [0.717, 1.165) is 12.8 Å². The quantitative estimate of drug-likeness (QED) is 0.468. The van der Waals surface area contributed by atoms with Crippen LogP contribution >= 0.6 is 0 Å². The van der Waals surface area contributed by atoms with Crippen molar-refractivity contribution in [2.24, 2.45) is 5.16 Å². The molecule has 0 spiro atoms. The van der Waals surface area contributed by atoms with Crippen molar-refractivity contribution < 1.29 is 4.84 Å². The molecule has 0 bridgehead atoms. The Labute approximate surface area is 87.0 Å². The maximum Gasteiger partial charge on any atom is 0.158 e. The van der Waals surface area contributed by atoms with Crippen LogP contribution in [0.1, 0.15) is 52.4 Å². The molecule has 1 aliphatic heterocycles. The van der Waals surface area contributed by atoms with Gasteiger partial charge in [-0.15, -0.1) is 0 Å². The lowest BCUT2D eigenvalue weighted by Gasteiger charge is -2.14. The molecule has 0 saturated heterocycles. The molecule has 2 heteroatoms. The van der Waals surface area contributed by atoms with E-state index < -0.39 is 0 Å². The lowest BCUT2D eigenvalue weighted by molar-refractivity contribution is 0.0365. The first-order valence-electron chi connectivity index (χ1n) is 5.57. The highest BCUT2D eigenvalue weighted by atomic mass is 16.7. The Morgan fingerprint density at radius 1 is 1.50 bits per heavy atom. The van der Waals surface area contributed by atoms with Gasteiger partial charge in [0.15, 0.2) is 5.60 Å². The SMILES string of the molecule is C=CC1(C)CC(CCCCCC)=NO1. The first kappa shape index (κ1) is 11.3. The molecule has 0 aromatic carbocycles. The van der Waals surface area contributed by atoms with E-state index in [4.69, 9.17) is 4.84 Å². The van der Waals surface area contributed by atoms with Gasteiger partial charge in [-0.2, -0.15) is 0 Å². The third-order valence-electron chi connectivity index (χ3n) is 2.69. The van der Waals surface area contributed by atoms with Crippen LogP contribution in [0.25, 0.3) is 0 Å². The predicted molar refractivity (Wildman–Crippen MR) is 60.5 cm³/mol. The fourth-order valence-corrected chi connectivity index (χ4v) is 1.64. The van der Waals surface area contributed by atoms with E-state index in [2.05, 4.69) is 18.7 Å². The summed E-state index contributed by atoms with van der Waals surface area (Å²) in [6.07, 6.45) is 9.01. The van der Waals surface area contributed by atoms with Gasteiger partial charge in [0.2, 0.25) is 0 Å². The van der Waals surface area contributed by atoms with Gasteiger partial charge in [-0.25, -0.2) is 0 Å². The Balaban J connectivity index is 2.19.